The molecule has 1 aliphatic rings. The molecule has 2 aromatic carbocycles. The van der Waals surface area contributed by atoms with Gasteiger partial charge in [0, 0.05) is 22.2 Å². The van der Waals surface area contributed by atoms with Gasteiger partial charge in [-0.05, 0) is 82.7 Å². The first-order chi connectivity index (χ1) is 15.8. The molecule has 4 nitrogen and oxygen atoms in total. The minimum atomic E-state index is -0.405. The molecule has 1 heterocycles. The Kier molecular flexibility index (Phi) is 7.26. The van der Waals surface area contributed by atoms with Gasteiger partial charge in [-0.2, -0.15) is 0 Å². The predicted molar refractivity (Wildman–Crippen MR) is 134 cm³/mol. The Morgan fingerprint density at radius 1 is 1.06 bits per heavy atom. The molecule has 1 aromatic heterocycles. The zero-order valence-electron chi connectivity index (χ0n) is 19.7. The molecule has 3 aromatic rings. The molecule has 1 unspecified atom stereocenters. The van der Waals surface area contributed by atoms with Crippen molar-refractivity contribution in [3.05, 3.63) is 82.1 Å². The predicted octanol–water partition coefficient (Wildman–Crippen LogP) is 6.66. The molecule has 0 bridgehead atoms. The second-order valence-corrected chi connectivity index (χ2v) is 9.95. The molecule has 1 fully saturated rings. The van der Waals surface area contributed by atoms with Crippen LogP contribution in [0.25, 0.3) is 11.3 Å². The van der Waals surface area contributed by atoms with Crippen LogP contribution in [0.4, 0.5) is 0 Å². The molecule has 5 heteroatoms. The van der Waals surface area contributed by atoms with Crippen molar-refractivity contribution in [2.24, 2.45) is 17.6 Å². The van der Waals surface area contributed by atoms with Crippen molar-refractivity contribution in [1.82, 2.24) is 4.90 Å². The van der Waals surface area contributed by atoms with Crippen molar-refractivity contribution in [1.29, 1.82) is 0 Å². The van der Waals surface area contributed by atoms with E-state index < -0.39 is 5.91 Å². The van der Waals surface area contributed by atoms with E-state index in [2.05, 4.69) is 31.1 Å². The average Bonchev–Trinajstić information content (AvgIpc) is 3.12. The van der Waals surface area contributed by atoms with E-state index in [-0.39, 0.29) is 0 Å². The highest BCUT2D eigenvalue weighted by atomic mass is 35.5. The van der Waals surface area contributed by atoms with Crippen LogP contribution in [0.15, 0.2) is 59.0 Å². The van der Waals surface area contributed by atoms with Crippen LogP contribution in [0.1, 0.15) is 59.0 Å². The lowest BCUT2D eigenvalue weighted by molar-refractivity contribution is 0.0997. The molecule has 1 amide bonds. The highest BCUT2D eigenvalue weighted by Gasteiger charge is 2.32. The Labute approximate surface area is 201 Å². The molecule has 1 aliphatic carbocycles. The highest BCUT2D eigenvalue weighted by Crippen LogP contribution is 2.42. The van der Waals surface area contributed by atoms with Crippen molar-refractivity contribution in [2.75, 3.05) is 14.1 Å². The van der Waals surface area contributed by atoms with Crippen molar-refractivity contribution in [3.63, 3.8) is 0 Å². The molecule has 1 saturated carbocycles. The standard InChI is InChI=1S/C28H33ClN2O2/c1-18-25(28(30)32)24(27(33-18)22-7-5-4-6-8-22)17-19-9-11-20(12-10-19)26(31(2)3)21-13-15-23(29)16-14-21/h4-8,13-16,19-20,26H,9-12,17H2,1-3H3,(H2,30,32). The Morgan fingerprint density at radius 2 is 1.70 bits per heavy atom. The number of aryl methyl sites for hydroxylation is 1. The molecule has 4 rings (SSSR count). The van der Waals surface area contributed by atoms with E-state index in [4.69, 9.17) is 21.8 Å². The smallest absolute Gasteiger partial charge is 0.252 e. The fourth-order valence-electron chi connectivity index (χ4n) is 5.58. The Morgan fingerprint density at radius 3 is 2.27 bits per heavy atom. The van der Waals surface area contributed by atoms with E-state index in [1.165, 1.54) is 5.56 Å². The van der Waals surface area contributed by atoms with Gasteiger partial charge in [-0.15, -0.1) is 0 Å². The summed E-state index contributed by atoms with van der Waals surface area (Å²) in [5.41, 5.74) is 9.61. The fourth-order valence-corrected chi connectivity index (χ4v) is 5.71. The van der Waals surface area contributed by atoms with E-state index in [1.807, 2.05) is 49.4 Å². The van der Waals surface area contributed by atoms with Crippen LogP contribution in [0.2, 0.25) is 5.02 Å². The van der Waals surface area contributed by atoms with Gasteiger partial charge >= 0.3 is 0 Å². The van der Waals surface area contributed by atoms with Gasteiger partial charge in [-0.25, -0.2) is 0 Å². The molecule has 2 N–H and O–H groups in total. The topological polar surface area (TPSA) is 59.5 Å². The third-order valence-corrected chi connectivity index (χ3v) is 7.32. The summed E-state index contributed by atoms with van der Waals surface area (Å²) in [5, 5.41) is 0.773. The zero-order chi connectivity index (χ0) is 23.5. The van der Waals surface area contributed by atoms with E-state index in [9.17, 15) is 4.79 Å². The minimum Gasteiger partial charge on any atom is -0.460 e. The molecule has 0 saturated heterocycles. The van der Waals surface area contributed by atoms with Crippen molar-refractivity contribution < 1.29 is 9.21 Å². The van der Waals surface area contributed by atoms with Crippen LogP contribution in [-0.2, 0) is 6.42 Å². The Bertz CT molecular complexity index is 1080. The second-order valence-electron chi connectivity index (χ2n) is 9.52. The fraction of sp³-hybridized carbons (Fsp3) is 0.393. The maximum absolute atomic E-state index is 12.3. The SMILES string of the molecule is Cc1oc(-c2ccccc2)c(CC2CCC(C(c3ccc(Cl)cc3)N(C)C)CC2)c1C(N)=O. The molecule has 1 atom stereocenters. The lowest BCUT2D eigenvalue weighted by Crippen LogP contribution is -2.31. The number of amides is 1. The first-order valence-electron chi connectivity index (χ1n) is 11.7. The molecule has 174 valence electrons. The number of nitrogens with two attached hydrogens (primary N) is 1. The van der Waals surface area contributed by atoms with Crippen LogP contribution in [0.3, 0.4) is 0 Å². The number of primary amides is 1. The summed E-state index contributed by atoms with van der Waals surface area (Å²) in [4.78, 5) is 14.6. The van der Waals surface area contributed by atoms with Gasteiger partial charge in [0.25, 0.3) is 5.91 Å². The van der Waals surface area contributed by atoms with Crippen LogP contribution in [0, 0.1) is 18.8 Å². The Hall–Kier alpha value is -2.56. The van der Waals surface area contributed by atoms with Gasteiger partial charge in [0.2, 0.25) is 0 Å². The van der Waals surface area contributed by atoms with E-state index >= 15 is 0 Å². The van der Waals surface area contributed by atoms with E-state index in [0.717, 1.165) is 54.0 Å². The normalized spacial score (nSPS) is 19.5. The van der Waals surface area contributed by atoms with Crippen LogP contribution >= 0.6 is 11.6 Å². The molecule has 0 radical (unpaired) electrons. The summed E-state index contributed by atoms with van der Waals surface area (Å²) in [6.07, 6.45) is 5.37. The van der Waals surface area contributed by atoms with E-state index in [0.29, 0.717) is 29.2 Å². The summed E-state index contributed by atoms with van der Waals surface area (Å²) in [5.74, 6) is 2.09. The molecule has 0 aliphatic heterocycles. The van der Waals surface area contributed by atoms with Gasteiger partial charge in [-0.3, -0.25) is 4.79 Å². The third kappa shape index (κ3) is 5.18. The zero-order valence-corrected chi connectivity index (χ0v) is 20.4. The van der Waals surface area contributed by atoms with Gasteiger partial charge in [0.05, 0.1) is 5.56 Å². The quantitative estimate of drug-likeness (QED) is 0.425. The monoisotopic (exact) mass is 464 g/mol. The maximum atomic E-state index is 12.3. The summed E-state index contributed by atoms with van der Waals surface area (Å²) in [6, 6.07) is 18.7. The van der Waals surface area contributed by atoms with Crippen LogP contribution in [0.5, 0.6) is 0 Å². The summed E-state index contributed by atoms with van der Waals surface area (Å²) < 4.78 is 6.07. The van der Waals surface area contributed by atoms with E-state index in [1.54, 1.807) is 0 Å². The molecular formula is C28H33ClN2O2. The van der Waals surface area contributed by atoms with Crippen LogP contribution in [-0.4, -0.2) is 24.9 Å². The number of hydrogen-bond donors (Lipinski definition) is 1. The lowest BCUT2D eigenvalue weighted by Gasteiger charge is -2.37. The number of carbonyl (C=O) groups excluding carboxylic acids is 1. The molecule has 33 heavy (non-hydrogen) atoms. The first kappa shape index (κ1) is 23.6. The minimum absolute atomic E-state index is 0.375. The number of carbonyl (C=O) groups is 1. The summed E-state index contributed by atoms with van der Waals surface area (Å²) in [7, 11) is 4.32. The molecular weight excluding hydrogens is 432 g/mol. The highest BCUT2D eigenvalue weighted by molar-refractivity contribution is 6.30. The number of nitrogens with zero attached hydrogens (tertiary/aromatic N) is 1. The number of rotatable bonds is 7. The van der Waals surface area contributed by atoms with Gasteiger partial charge in [0.15, 0.2) is 0 Å². The lowest BCUT2D eigenvalue weighted by atomic mass is 9.74. The van der Waals surface area contributed by atoms with Crippen molar-refractivity contribution >= 4 is 17.5 Å². The number of halogens is 1. The van der Waals surface area contributed by atoms with Crippen LogP contribution < -0.4 is 5.73 Å². The summed E-state index contributed by atoms with van der Waals surface area (Å²) in [6.45, 7) is 1.83. The number of hydrogen-bond acceptors (Lipinski definition) is 3. The maximum Gasteiger partial charge on any atom is 0.252 e. The van der Waals surface area contributed by atoms with Crippen molar-refractivity contribution in [3.8, 4) is 11.3 Å². The average molecular weight is 465 g/mol. The summed E-state index contributed by atoms with van der Waals surface area (Å²) >= 11 is 6.12. The van der Waals surface area contributed by atoms with Gasteiger partial charge in [0.1, 0.15) is 11.5 Å². The number of benzene rings is 2. The van der Waals surface area contributed by atoms with Crippen molar-refractivity contribution in [2.45, 2.75) is 45.1 Å². The van der Waals surface area contributed by atoms with Gasteiger partial charge < -0.3 is 15.1 Å². The second kappa shape index (κ2) is 10.1. The largest absolute Gasteiger partial charge is 0.460 e. The molecule has 0 spiro atoms. The van der Waals surface area contributed by atoms with Gasteiger partial charge in [-0.1, -0.05) is 54.1 Å². The number of furan rings is 1. The Balaban J connectivity index is 1.52. The first-order valence-corrected chi connectivity index (χ1v) is 12.1. The third-order valence-electron chi connectivity index (χ3n) is 7.06.